The lowest BCUT2D eigenvalue weighted by Crippen LogP contribution is -2.46. The van der Waals surface area contributed by atoms with E-state index in [2.05, 4.69) is 68.8 Å². The number of carbonyl (C=O) groups is 6. The van der Waals surface area contributed by atoms with Crippen LogP contribution in [0, 0.1) is 10.8 Å². The van der Waals surface area contributed by atoms with Gasteiger partial charge in [-0.2, -0.15) is 8.62 Å². The first kappa shape index (κ1) is 85.8. The summed E-state index contributed by atoms with van der Waals surface area (Å²) >= 11 is 1.92. The number of anilines is 2. The SMILES string of the molecule is CC(C)(COP(=O)(O)OP(=O)(O)OC[C@H]1O[C@@H](n2cnc3c(N)ncnc32)[C@H](O)[C@@H]1OP(=O)(O)O)[C@@H](O)C(=O)NCCC(=O)NCCSC=O.CC(C)(COP(=O)(O)OP(=O)(O)OC[C@H]1O[C@@H](n2cnc3c(N)ncnc32)[C@H](O)[C@@H]1OP(=O)(O)O)[C@@H](O)C(=O)NCCC(=O)NCCSC=O. The highest BCUT2D eigenvalue weighted by Crippen LogP contribution is 2.63. The van der Waals surface area contributed by atoms with Gasteiger partial charge in [-0.05, 0) is 0 Å². The second-order valence-electron chi connectivity index (χ2n) is 22.1. The molecule has 0 aliphatic carbocycles. The van der Waals surface area contributed by atoms with Crippen molar-refractivity contribution in [1.29, 1.82) is 0 Å². The predicted octanol–water partition coefficient (Wildman–Crippen LogP) is -3.34. The van der Waals surface area contributed by atoms with E-state index < -0.39 is 169 Å². The van der Waals surface area contributed by atoms with E-state index in [4.69, 9.17) is 39.0 Å². The van der Waals surface area contributed by atoms with Crippen molar-refractivity contribution >= 4 is 139 Å². The number of carbonyl (C=O) groups excluding carboxylic acids is 6. The van der Waals surface area contributed by atoms with Crippen molar-refractivity contribution in [2.24, 2.45) is 10.8 Å². The fraction of sp³-hybridized carbons (Fsp3) is 0.636. The minimum Gasteiger partial charge on any atom is -0.386 e. The van der Waals surface area contributed by atoms with Gasteiger partial charge < -0.3 is 102 Å². The molecule has 2 aliphatic heterocycles. The van der Waals surface area contributed by atoms with Crippen molar-refractivity contribution in [2.75, 3.05) is 75.6 Å². The van der Waals surface area contributed by atoms with Crippen LogP contribution in [-0.2, 0) is 101 Å². The molecule has 4 aromatic heterocycles. The number of aliphatic hydroxyl groups excluding tert-OH is 4. The highest BCUT2D eigenvalue weighted by atomic mass is 32.2. The summed E-state index contributed by atoms with van der Waals surface area (Å²) in [6.45, 7) is 1.03. The van der Waals surface area contributed by atoms with Crippen LogP contribution >= 0.6 is 70.5 Å². The number of rotatable bonds is 40. The Morgan fingerprint density at radius 2 is 0.900 bits per heavy atom. The minimum atomic E-state index is -5.55. The van der Waals surface area contributed by atoms with Crippen LogP contribution in [0.25, 0.3) is 22.3 Å². The van der Waals surface area contributed by atoms with Crippen LogP contribution in [0.15, 0.2) is 25.3 Å². The molecule has 20 N–H and O–H groups in total. The molecule has 56 heteroatoms. The monoisotopic (exact) mass is 1590 g/mol. The number of nitrogens with two attached hydrogens (primary N) is 2. The van der Waals surface area contributed by atoms with E-state index in [-0.39, 0.29) is 73.0 Å². The molecule has 0 aromatic carbocycles. The van der Waals surface area contributed by atoms with Crippen LogP contribution in [0.3, 0.4) is 0 Å². The Labute approximate surface area is 571 Å². The summed E-state index contributed by atoms with van der Waals surface area (Å²) in [5.41, 5.74) is 9.76. The van der Waals surface area contributed by atoms with Crippen molar-refractivity contribution in [1.82, 2.24) is 60.3 Å². The number of nitrogens with zero attached hydrogens (tertiary/aromatic N) is 8. The largest absolute Gasteiger partial charge is 0.481 e. The van der Waals surface area contributed by atoms with Crippen LogP contribution in [0.1, 0.15) is 53.0 Å². The van der Waals surface area contributed by atoms with Gasteiger partial charge in [-0.25, -0.2) is 57.3 Å². The van der Waals surface area contributed by atoms with Gasteiger partial charge in [-0.3, -0.25) is 65.0 Å². The molecule has 2 fully saturated rings. The highest BCUT2D eigenvalue weighted by molar-refractivity contribution is 8.12. The third-order valence-corrected chi connectivity index (χ3v) is 20.7. The lowest BCUT2D eigenvalue weighted by molar-refractivity contribution is -0.137. The molecule has 2 saturated heterocycles. The van der Waals surface area contributed by atoms with Gasteiger partial charge in [0.15, 0.2) is 46.6 Å². The average molecular weight is 1590 g/mol. The first-order valence-electron chi connectivity index (χ1n) is 28.2. The fourth-order valence-corrected chi connectivity index (χ4v) is 14.8. The number of nitrogens with one attached hydrogen (secondary N) is 4. The molecule has 564 valence electrons. The van der Waals surface area contributed by atoms with E-state index in [1.165, 1.54) is 27.7 Å². The maximum absolute atomic E-state index is 12.6. The number of aromatic nitrogens is 8. The van der Waals surface area contributed by atoms with Crippen LogP contribution in [-0.4, -0.2) is 246 Å². The van der Waals surface area contributed by atoms with Crippen molar-refractivity contribution < 1.29 is 161 Å². The van der Waals surface area contributed by atoms with Crippen molar-refractivity contribution in [3.8, 4) is 0 Å². The summed E-state index contributed by atoms with van der Waals surface area (Å²) in [5.74, 6) is -2.19. The molecule has 0 spiro atoms. The smallest absolute Gasteiger partial charge is 0.386 e. The Kier molecular flexibility index (Phi) is 31.5. The Balaban J connectivity index is 0.000000361. The Morgan fingerprint density at radius 1 is 0.560 bits per heavy atom. The number of fused-ring (bicyclic) bond motifs is 2. The van der Waals surface area contributed by atoms with Gasteiger partial charge in [-0.15, -0.1) is 0 Å². The molecule has 0 radical (unpaired) electrons. The predicted molar refractivity (Wildman–Crippen MR) is 338 cm³/mol. The second kappa shape index (κ2) is 36.7. The van der Waals surface area contributed by atoms with Crippen LogP contribution in [0.2, 0.25) is 0 Å². The third kappa shape index (κ3) is 26.4. The van der Waals surface area contributed by atoms with Gasteiger partial charge in [-0.1, -0.05) is 51.2 Å². The first-order valence-corrected chi connectivity index (χ1v) is 39.3. The number of hydrogen-bond acceptors (Lipinski definition) is 36. The Hall–Kier alpha value is -4.88. The molecule has 48 nitrogen and oxygen atoms in total. The molecule has 0 bridgehead atoms. The van der Waals surface area contributed by atoms with Crippen molar-refractivity contribution in [3.63, 3.8) is 0 Å². The standard InChI is InChI=1S/2C22H36N7O17P3S/c2*1-22(2,17(33)20(34)25-4-3-13(31)24-5-6-50-11-30)8-43-49(40,41)46-48(38,39)42-7-12-16(45-47(35,36)37)15(32)21(44-12)29-10-28-14-18(23)26-9-27-19(14)29/h2*9-12,15-17,21,32-33H,3-8H2,1-2H3,(H,24,31)(H,25,34)(H,38,39)(H,40,41)(H2,23,26,27)(H2,35,36,37)/t2*12-,15-,16-,17+,21-/m11/s1. The van der Waals surface area contributed by atoms with Gasteiger partial charge >= 0.3 is 46.9 Å². The molecular weight excluding hydrogens is 1520 g/mol. The maximum atomic E-state index is 12.6. The number of thioether (sulfide) groups is 2. The highest BCUT2D eigenvalue weighted by Gasteiger charge is 2.52. The summed E-state index contributed by atoms with van der Waals surface area (Å²) in [4.78, 5) is 170. The molecule has 4 unspecified atom stereocenters. The van der Waals surface area contributed by atoms with Gasteiger partial charge in [0.25, 0.3) is 0 Å². The van der Waals surface area contributed by atoms with E-state index >= 15 is 0 Å². The zero-order valence-corrected chi connectivity index (χ0v) is 59.3. The molecule has 4 amide bonds. The molecule has 0 saturated carbocycles. The molecule has 14 atom stereocenters. The number of phosphoric ester groups is 6. The van der Waals surface area contributed by atoms with Gasteiger partial charge in [0.2, 0.25) is 23.6 Å². The fourth-order valence-electron chi connectivity index (χ4n) is 8.47. The normalized spacial score (nSPS) is 22.8. The Bertz CT molecular complexity index is 3560. The number of amides is 4. The first-order chi connectivity index (χ1) is 46.3. The van der Waals surface area contributed by atoms with Crippen molar-refractivity contribution in [3.05, 3.63) is 25.3 Å². The zero-order chi connectivity index (χ0) is 75.0. The van der Waals surface area contributed by atoms with Gasteiger partial charge in [0, 0.05) is 61.4 Å². The molecule has 6 heterocycles. The summed E-state index contributed by atoms with van der Waals surface area (Å²) in [6.07, 6.45) is -13.8. The number of phosphoric acid groups is 6. The number of imidazole rings is 2. The quantitative estimate of drug-likeness (QED) is 0.0118. The average Bonchev–Trinajstić information content (AvgIpc) is 1.62. The van der Waals surface area contributed by atoms with Crippen LogP contribution < -0.4 is 32.7 Å². The Morgan fingerprint density at radius 3 is 1.23 bits per heavy atom. The summed E-state index contributed by atoms with van der Waals surface area (Å²) in [7, 11) is -32.7. The third-order valence-electron chi connectivity index (χ3n) is 13.4. The second-order valence-corrected chi connectivity index (χ2v) is 32.4. The van der Waals surface area contributed by atoms with E-state index in [1.54, 1.807) is 0 Å². The van der Waals surface area contributed by atoms with Crippen LogP contribution in [0.5, 0.6) is 0 Å². The zero-order valence-electron chi connectivity index (χ0n) is 52.3. The molecule has 100 heavy (non-hydrogen) atoms. The summed E-state index contributed by atoms with van der Waals surface area (Å²) in [5, 5.41) is 52.2. The topological polar surface area (TPSA) is 727 Å². The molecular formula is C44H72N14O34P6S2. The number of nitrogen functional groups attached to an aromatic ring is 2. The van der Waals surface area contributed by atoms with E-state index in [1.807, 2.05) is 0 Å². The maximum Gasteiger partial charge on any atom is 0.481 e. The van der Waals surface area contributed by atoms with E-state index in [0.29, 0.717) is 22.7 Å². The summed E-state index contributed by atoms with van der Waals surface area (Å²) in [6, 6.07) is 0. The minimum absolute atomic E-state index is 0.0309. The number of hydrogen-bond donors (Lipinski definition) is 18. The van der Waals surface area contributed by atoms with Crippen molar-refractivity contribution in [2.45, 2.75) is 102 Å². The summed E-state index contributed by atoms with van der Waals surface area (Å²) < 4.78 is 123. The molecule has 4 aromatic rings. The van der Waals surface area contributed by atoms with Gasteiger partial charge in [0.1, 0.15) is 72.5 Å². The van der Waals surface area contributed by atoms with E-state index in [0.717, 1.165) is 58.0 Å². The number of ether oxygens (including phenoxy) is 2. The van der Waals surface area contributed by atoms with Gasteiger partial charge in [0.05, 0.1) is 39.1 Å². The van der Waals surface area contributed by atoms with E-state index in [9.17, 15) is 116 Å². The molecule has 2 aliphatic rings. The lowest BCUT2D eigenvalue weighted by atomic mass is 9.87. The van der Waals surface area contributed by atoms with Crippen LogP contribution in [0.4, 0.5) is 11.6 Å². The molecule has 6 rings (SSSR count). The number of aliphatic hydroxyl groups is 4. The lowest BCUT2D eigenvalue weighted by Gasteiger charge is -2.30.